The van der Waals surface area contributed by atoms with E-state index in [1.165, 1.54) is 6.07 Å². The molecule has 2 rings (SSSR count). The molecule has 2 unspecified atom stereocenters. The van der Waals surface area contributed by atoms with Crippen LogP contribution in [0.2, 0.25) is 0 Å². The number of nitrogens with two attached hydrogens (primary N) is 1. The van der Waals surface area contributed by atoms with Gasteiger partial charge in [0.15, 0.2) is 0 Å². The normalized spacial score (nSPS) is 24.1. The standard InChI is InChI=1S/C11H16N2O2S/c1-2-8-7-10(8)13-9-5-3-4-6-11(9)16(12,14)15/h3-6,8,10,13H,2,7H2,1H3,(H2,12,14,15). The second kappa shape index (κ2) is 4.07. The van der Waals surface area contributed by atoms with Gasteiger partial charge < -0.3 is 5.32 Å². The maximum atomic E-state index is 11.3. The van der Waals surface area contributed by atoms with Crippen molar-refractivity contribution in [3.8, 4) is 0 Å². The van der Waals surface area contributed by atoms with E-state index in [4.69, 9.17) is 5.14 Å². The summed E-state index contributed by atoms with van der Waals surface area (Å²) in [7, 11) is -3.64. The number of primary sulfonamides is 1. The second-order valence-electron chi connectivity index (χ2n) is 4.20. The maximum Gasteiger partial charge on any atom is 0.240 e. The maximum absolute atomic E-state index is 11.3. The van der Waals surface area contributed by atoms with Gasteiger partial charge in [-0.2, -0.15) is 0 Å². The van der Waals surface area contributed by atoms with Crippen LogP contribution in [0, 0.1) is 5.92 Å². The first-order chi connectivity index (χ1) is 7.52. The van der Waals surface area contributed by atoms with Gasteiger partial charge in [0, 0.05) is 6.04 Å². The molecule has 0 aromatic heterocycles. The summed E-state index contributed by atoms with van der Waals surface area (Å²) in [6.45, 7) is 2.14. The Balaban J connectivity index is 2.21. The predicted octanol–water partition coefficient (Wildman–Crippen LogP) is 1.54. The highest BCUT2D eigenvalue weighted by Crippen LogP contribution is 2.37. The van der Waals surface area contributed by atoms with Gasteiger partial charge in [-0.3, -0.25) is 0 Å². The van der Waals surface area contributed by atoms with Gasteiger partial charge in [0.1, 0.15) is 4.90 Å². The molecule has 1 aliphatic rings. The van der Waals surface area contributed by atoms with Crippen LogP contribution in [0.3, 0.4) is 0 Å². The SMILES string of the molecule is CCC1CC1Nc1ccccc1S(N)(=O)=O. The van der Waals surface area contributed by atoms with Crippen LogP contribution in [-0.4, -0.2) is 14.5 Å². The van der Waals surface area contributed by atoms with Crippen LogP contribution in [0.15, 0.2) is 29.2 Å². The lowest BCUT2D eigenvalue weighted by atomic mass is 10.3. The molecule has 0 amide bonds. The number of hydrogen-bond acceptors (Lipinski definition) is 3. The molecule has 3 N–H and O–H groups in total. The summed E-state index contributed by atoms with van der Waals surface area (Å²) in [5.74, 6) is 0.661. The van der Waals surface area contributed by atoms with Crippen molar-refractivity contribution in [2.45, 2.75) is 30.7 Å². The van der Waals surface area contributed by atoms with Gasteiger partial charge in [0.25, 0.3) is 0 Å². The average Bonchev–Trinajstić information content (AvgIpc) is 2.96. The minimum absolute atomic E-state index is 0.178. The Labute approximate surface area is 95.9 Å². The van der Waals surface area contributed by atoms with Gasteiger partial charge in [0.05, 0.1) is 5.69 Å². The third-order valence-corrected chi connectivity index (χ3v) is 3.95. The van der Waals surface area contributed by atoms with E-state index in [2.05, 4.69) is 12.2 Å². The molecule has 1 aliphatic carbocycles. The van der Waals surface area contributed by atoms with Crippen LogP contribution in [0.25, 0.3) is 0 Å². The van der Waals surface area contributed by atoms with Crippen molar-refractivity contribution in [2.75, 3.05) is 5.32 Å². The summed E-state index contributed by atoms with van der Waals surface area (Å²) in [5.41, 5.74) is 0.617. The van der Waals surface area contributed by atoms with E-state index in [0.717, 1.165) is 12.8 Å². The van der Waals surface area contributed by atoms with E-state index < -0.39 is 10.0 Å². The highest BCUT2D eigenvalue weighted by Gasteiger charge is 2.35. The first-order valence-electron chi connectivity index (χ1n) is 5.40. The van der Waals surface area contributed by atoms with Crippen molar-refractivity contribution in [3.05, 3.63) is 24.3 Å². The summed E-state index contributed by atoms with van der Waals surface area (Å²) in [6.07, 6.45) is 2.23. The summed E-state index contributed by atoms with van der Waals surface area (Å²) >= 11 is 0. The van der Waals surface area contributed by atoms with Crippen molar-refractivity contribution in [1.29, 1.82) is 0 Å². The fraction of sp³-hybridized carbons (Fsp3) is 0.455. The van der Waals surface area contributed by atoms with Crippen LogP contribution in [-0.2, 0) is 10.0 Å². The molecule has 0 saturated heterocycles. The zero-order valence-electron chi connectivity index (χ0n) is 9.18. The molecule has 4 nitrogen and oxygen atoms in total. The summed E-state index contributed by atoms with van der Waals surface area (Å²) < 4.78 is 22.7. The number of hydrogen-bond donors (Lipinski definition) is 2. The third-order valence-electron chi connectivity index (χ3n) is 2.98. The highest BCUT2D eigenvalue weighted by atomic mass is 32.2. The first kappa shape index (κ1) is 11.4. The first-order valence-corrected chi connectivity index (χ1v) is 6.95. The van der Waals surface area contributed by atoms with E-state index >= 15 is 0 Å². The molecule has 0 bridgehead atoms. The molecule has 1 aromatic carbocycles. The zero-order valence-corrected chi connectivity index (χ0v) is 10.00. The Kier molecular flexibility index (Phi) is 2.90. The van der Waals surface area contributed by atoms with Crippen molar-refractivity contribution in [1.82, 2.24) is 0 Å². The van der Waals surface area contributed by atoms with Gasteiger partial charge >= 0.3 is 0 Å². The van der Waals surface area contributed by atoms with E-state index in [0.29, 0.717) is 17.6 Å². The molecular weight excluding hydrogens is 224 g/mol. The number of anilines is 1. The third kappa shape index (κ3) is 2.36. The van der Waals surface area contributed by atoms with E-state index in [1.807, 2.05) is 0 Å². The molecule has 2 atom stereocenters. The summed E-state index contributed by atoms with van der Waals surface area (Å²) in [4.78, 5) is 0.178. The van der Waals surface area contributed by atoms with Gasteiger partial charge in [-0.15, -0.1) is 0 Å². The second-order valence-corrected chi connectivity index (χ2v) is 5.73. The van der Waals surface area contributed by atoms with Crippen LogP contribution >= 0.6 is 0 Å². The van der Waals surface area contributed by atoms with Gasteiger partial charge in [0.2, 0.25) is 10.0 Å². The fourth-order valence-corrected chi connectivity index (χ4v) is 2.61. The molecule has 1 fully saturated rings. The lowest BCUT2D eigenvalue weighted by Gasteiger charge is -2.09. The number of benzene rings is 1. The average molecular weight is 240 g/mol. The van der Waals surface area contributed by atoms with Crippen molar-refractivity contribution < 1.29 is 8.42 Å². The Morgan fingerprint density at radius 1 is 1.44 bits per heavy atom. The molecule has 0 heterocycles. The Morgan fingerprint density at radius 3 is 2.69 bits per heavy atom. The Hall–Kier alpha value is -1.07. The smallest absolute Gasteiger partial charge is 0.240 e. The minimum atomic E-state index is -3.64. The zero-order chi connectivity index (χ0) is 11.8. The van der Waals surface area contributed by atoms with E-state index in [9.17, 15) is 8.42 Å². The molecule has 16 heavy (non-hydrogen) atoms. The molecule has 0 aliphatic heterocycles. The van der Waals surface area contributed by atoms with Crippen LogP contribution in [0.4, 0.5) is 5.69 Å². The van der Waals surface area contributed by atoms with Gasteiger partial charge in [-0.05, 0) is 24.5 Å². The highest BCUT2D eigenvalue weighted by molar-refractivity contribution is 7.89. The molecule has 0 radical (unpaired) electrons. The molecule has 88 valence electrons. The van der Waals surface area contributed by atoms with Gasteiger partial charge in [-0.1, -0.05) is 25.5 Å². The topological polar surface area (TPSA) is 72.2 Å². The number of rotatable bonds is 4. The number of nitrogens with one attached hydrogen (secondary N) is 1. The molecule has 1 saturated carbocycles. The lowest BCUT2D eigenvalue weighted by Crippen LogP contribution is -2.16. The minimum Gasteiger partial charge on any atom is -0.381 e. The molecule has 1 aromatic rings. The largest absolute Gasteiger partial charge is 0.381 e. The van der Waals surface area contributed by atoms with Crippen molar-refractivity contribution >= 4 is 15.7 Å². The van der Waals surface area contributed by atoms with Crippen LogP contribution in [0.1, 0.15) is 19.8 Å². The van der Waals surface area contributed by atoms with Crippen LogP contribution < -0.4 is 10.5 Å². The number of sulfonamides is 1. The monoisotopic (exact) mass is 240 g/mol. The quantitative estimate of drug-likeness (QED) is 0.838. The predicted molar refractivity (Wildman–Crippen MR) is 63.6 cm³/mol. The van der Waals surface area contributed by atoms with Crippen LogP contribution in [0.5, 0.6) is 0 Å². The van der Waals surface area contributed by atoms with Gasteiger partial charge in [-0.25, -0.2) is 13.6 Å². The molecule has 5 heteroatoms. The molecular formula is C11H16N2O2S. The fourth-order valence-electron chi connectivity index (χ4n) is 1.91. The van der Waals surface area contributed by atoms with E-state index in [-0.39, 0.29) is 4.90 Å². The Bertz CT molecular complexity index is 485. The Morgan fingerprint density at radius 2 is 2.12 bits per heavy atom. The summed E-state index contributed by atoms with van der Waals surface area (Å²) in [5, 5.41) is 8.39. The van der Waals surface area contributed by atoms with Crippen molar-refractivity contribution in [3.63, 3.8) is 0 Å². The van der Waals surface area contributed by atoms with Crippen molar-refractivity contribution in [2.24, 2.45) is 11.1 Å². The molecule has 0 spiro atoms. The summed E-state index contributed by atoms with van der Waals surface area (Å²) in [6, 6.07) is 7.16. The number of para-hydroxylation sites is 1. The lowest BCUT2D eigenvalue weighted by molar-refractivity contribution is 0.598. The van der Waals surface area contributed by atoms with E-state index in [1.54, 1.807) is 18.2 Å².